The second-order valence-corrected chi connectivity index (χ2v) is 7.68. The second kappa shape index (κ2) is 7.05. The van der Waals surface area contributed by atoms with Gasteiger partial charge >= 0.3 is 0 Å². The summed E-state index contributed by atoms with van der Waals surface area (Å²) < 4.78 is 1.87. The third-order valence-corrected chi connectivity index (χ3v) is 5.77. The molecule has 0 bridgehead atoms. The van der Waals surface area contributed by atoms with Gasteiger partial charge in [0.1, 0.15) is 5.69 Å². The summed E-state index contributed by atoms with van der Waals surface area (Å²) in [6.07, 6.45) is 1.96. The van der Waals surface area contributed by atoms with Gasteiger partial charge in [-0.15, -0.1) is 5.10 Å². The van der Waals surface area contributed by atoms with E-state index in [4.69, 9.17) is 0 Å². The Morgan fingerprint density at radius 3 is 2.43 bits per heavy atom. The SMILES string of the molecule is O=C(c1ccc(-c2ccsc2)cc1)N1CC(n2cc(-c3ccccc3)nn2)C1. The first-order chi connectivity index (χ1) is 13.8. The van der Waals surface area contributed by atoms with Gasteiger partial charge in [0.2, 0.25) is 0 Å². The third-order valence-electron chi connectivity index (χ3n) is 5.09. The zero-order chi connectivity index (χ0) is 18.9. The maximum absolute atomic E-state index is 12.7. The van der Waals surface area contributed by atoms with Gasteiger partial charge in [0.05, 0.1) is 12.2 Å². The maximum atomic E-state index is 12.7. The molecular weight excluding hydrogens is 368 g/mol. The van der Waals surface area contributed by atoms with E-state index in [9.17, 15) is 4.79 Å². The molecule has 138 valence electrons. The van der Waals surface area contributed by atoms with Crippen molar-refractivity contribution >= 4 is 17.2 Å². The van der Waals surface area contributed by atoms with Crippen molar-refractivity contribution in [3.8, 4) is 22.4 Å². The average Bonchev–Trinajstić information content (AvgIpc) is 3.40. The Kier molecular flexibility index (Phi) is 4.25. The van der Waals surface area contributed by atoms with E-state index in [2.05, 4.69) is 27.1 Å². The first-order valence-electron chi connectivity index (χ1n) is 9.17. The average molecular weight is 386 g/mol. The number of amides is 1. The van der Waals surface area contributed by atoms with Crippen LogP contribution >= 0.6 is 11.3 Å². The van der Waals surface area contributed by atoms with E-state index in [-0.39, 0.29) is 11.9 Å². The van der Waals surface area contributed by atoms with Gasteiger partial charge in [-0.2, -0.15) is 11.3 Å². The summed E-state index contributed by atoms with van der Waals surface area (Å²) in [5.74, 6) is 0.0662. The van der Waals surface area contributed by atoms with Crippen LogP contribution in [0.3, 0.4) is 0 Å². The zero-order valence-electron chi connectivity index (χ0n) is 15.1. The lowest BCUT2D eigenvalue weighted by Gasteiger charge is -2.38. The lowest BCUT2D eigenvalue weighted by molar-refractivity contribution is 0.0498. The van der Waals surface area contributed by atoms with Crippen LogP contribution in [0, 0.1) is 0 Å². The molecule has 2 aromatic heterocycles. The van der Waals surface area contributed by atoms with Gasteiger partial charge in [-0.05, 0) is 40.1 Å². The highest BCUT2D eigenvalue weighted by Gasteiger charge is 2.33. The van der Waals surface area contributed by atoms with Crippen LogP contribution in [-0.2, 0) is 0 Å². The number of aromatic nitrogens is 3. The summed E-state index contributed by atoms with van der Waals surface area (Å²) in [5.41, 5.74) is 4.95. The van der Waals surface area contributed by atoms with Gasteiger partial charge in [0.15, 0.2) is 0 Å². The lowest BCUT2D eigenvalue weighted by atomic mass is 10.0. The number of benzene rings is 2. The van der Waals surface area contributed by atoms with E-state index in [0.29, 0.717) is 13.1 Å². The van der Waals surface area contributed by atoms with Crippen molar-refractivity contribution < 1.29 is 4.79 Å². The van der Waals surface area contributed by atoms with Crippen molar-refractivity contribution in [1.29, 1.82) is 0 Å². The number of hydrogen-bond donors (Lipinski definition) is 0. The number of nitrogens with zero attached hydrogens (tertiary/aromatic N) is 4. The zero-order valence-corrected chi connectivity index (χ0v) is 15.9. The van der Waals surface area contributed by atoms with Gasteiger partial charge in [0, 0.05) is 24.2 Å². The fourth-order valence-electron chi connectivity index (χ4n) is 3.40. The number of hydrogen-bond acceptors (Lipinski definition) is 4. The van der Waals surface area contributed by atoms with E-state index in [1.807, 2.05) is 70.4 Å². The molecular formula is C22H18N4OS. The molecule has 4 aromatic rings. The number of carbonyl (C=O) groups excluding carboxylic acids is 1. The normalized spacial score (nSPS) is 14.1. The van der Waals surface area contributed by atoms with Gasteiger partial charge in [0.25, 0.3) is 5.91 Å². The van der Waals surface area contributed by atoms with Crippen molar-refractivity contribution in [3.05, 3.63) is 83.2 Å². The molecule has 5 nitrogen and oxygen atoms in total. The van der Waals surface area contributed by atoms with E-state index in [0.717, 1.165) is 22.4 Å². The van der Waals surface area contributed by atoms with Gasteiger partial charge < -0.3 is 4.90 Å². The molecule has 1 aliphatic rings. The number of rotatable bonds is 4. The Balaban J connectivity index is 1.23. The number of thiophene rings is 1. The van der Waals surface area contributed by atoms with Gasteiger partial charge in [-0.1, -0.05) is 47.7 Å². The molecule has 0 radical (unpaired) electrons. The molecule has 0 atom stereocenters. The number of carbonyl (C=O) groups is 1. The van der Waals surface area contributed by atoms with E-state index in [1.54, 1.807) is 11.3 Å². The van der Waals surface area contributed by atoms with Crippen LogP contribution in [0.5, 0.6) is 0 Å². The van der Waals surface area contributed by atoms with Gasteiger partial charge in [-0.3, -0.25) is 4.79 Å². The van der Waals surface area contributed by atoms with Crippen molar-refractivity contribution in [2.45, 2.75) is 6.04 Å². The Bertz CT molecular complexity index is 1080. The predicted molar refractivity (Wildman–Crippen MR) is 110 cm³/mol. The predicted octanol–water partition coefficient (Wildman–Crippen LogP) is 4.37. The second-order valence-electron chi connectivity index (χ2n) is 6.90. The van der Waals surface area contributed by atoms with Crippen LogP contribution in [0.25, 0.3) is 22.4 Å². The fourth-order valence-corrected chi connectivity index (χ4v) is 4.07. The molecule has 5 rings (SSSR count). The molecule has 2 aromatic carbocycles. The first-order valence-corrected chi connectivity index (χ1v) is 10.1. The molecule has 0 saturated carbocycles. The van der Waals surface area contributed by atoms with Crippen LogP contribution < -0.4 is 0 Å². The Morgan fingerprint density at radius 2 is 1.71 bits per heavy atom. The highest BCUT2D eigenvalue weighted by atomic mass is 32.1. The fraction of sp³-hybridized carbons (Fsp3) is 0.136. The van der Waals surface area contributed by atoms with Crippen molar-refractivity contribution in [1.82, 2.24) is 19.9 Å². The van der Waals surface area contributed by atoms with Crippen LogP contribution in [0.2, 0.25) is 0 Å². The Morgan fingerprint density at radius 1 is 0.929 bits per heavy atom. The maximum Gasteiger partial charge on any atom is 0.253 e. The van der Waals surface area contributed by atoms with Crippen molar-refractivity contribution in [2.75, 3.05) is 13.1 Å². The lowest BCUT2D eigenvalue weighted by Crippen LogP contribution is -2.50. The van der Waals surface area contributed by atoms with Crippen LogP contribution in [0.15, 0.2) is 77.6 Å². The largest absolute Gasteiger partial charge is 0.334 e. The summed E-state index contributed by atoms with van der Waals surface area (Å²) in [6, 6.07) is 20.1. The van der Waals surface area contributed by atoms with Crippen LogP contribution in [0.4, 0.5) is 0 Å². The van der Waals surface area contributed by atoms with E-state index in [1.165, 1.54) is 5.56 Å². The summed E-state index contributed by atoms with van der Waals surface area (Å²) in [4.78, 5) is 14.6. The Hall–Kier alpha value is -3.25. The molecule has 3 heterocycles. The van der Waals surface area contributed by atoms with Crippen LogP contribution in [-0.4, -0.2) is 38.9 Å². The highest BCUT2D eigenvalue weighted by Crippen LogP contribution is 2.26. The molecule has 28 heavy (non-hydrogen) atoms. The van der Waals surface area contributed by atoms with E-state index >= 15 is 0 Å². The van der Waals surface area contributed by atoms with E-state index < -0.39 is 0 Å². The summed E-state index contributed by atoms with van der Waals surface area (Å²) in [7, 11) is 0. The molecule has 1 aliphatic heterocycles. The summed E-state index contributed by atoms with van der Waals surface area (Å²) in [6.45, 7) is 1.31. The summed E-state index contributed by atoms with van der Waals surface area (Å²) in [5, 5.41) is 12.7. The molecule has 1 saturated heterocycles. The third kappa shape index (κ3) is 3.12. The topological polar surface area (TPSA) is 51.0 Å². The number of likely N-dealkylation sites (tertiary alicyclic amines) is 1. The van der Waals surface area contributed by atoms with Crippen molar-refractivity contribution in [2.24, 2.45) is 0 Å². The molecule has 0 N–H and O–H groups in total. The molecule has 1 fully saturated rings. The minimum absolute atomic E-state index is 0.0662. The Labute approximate surface area is 166 Å². The molecule has 0 aliphatic carbocycles. The van der Waals surface area contributed by atoms with Gasteiger partial charge in [-0.25, -0.2) is 4.68 Å². The molecule has 0 spiro atoms. The minimum atomic E-state index is 0.0662. The van der Waals surface area contributed by atoms with Crippen molar-refractivity contribution in [3.63, 3.8) is 0 Å². The molecule has 1 amide bonds. The highest BCUT2D eigenvalue weighted by molar-refractivity contribution is 7.08. The van der Waals surface area contributed by atoms with Crippen LogP contribution in [0.1, 0.15) is 16.4 Å². The molecule has 6 heteroatoms. The smallest absolute Gasteiger partial charge is 0.253 e. The summed E-state index contributed by atoms with van der Waals surface area (Å²) >= 11 is 1.67. The molecule has 0 unspecified atom stereocenters. The monoisotopic (exact) mass is 386 g/mol. The quantitative estimate of drug-likeness (QED) is 0.523. The standard InChI is InChI=1S/C22H18N4OS/c27-22(18-8-6-16(7-9-18)19-10-11-28-15-19)25-12-20(13-25)26-14-21(23-24-26)17-4-2-1-3-5-17/h1-11,14-15,20H,12-13H2. The first kappa shape index (κ1) is 16.9. The minimum Gasteiger partial charge on any atom is -0.334 e.